The summed E-state index contributed by atoms with van der Waals surface area (Å²) in [4.78, 5) is 9.16. The van der Waals surface area contributed by atoms with Crippen molar-refractivity contribution >= 4 is 0 Å². The number of likely N-dealkylation sites (tertiary alicyclic amines) is 1. The maximum absolute atomic E-state index is 9.61. The Morgan fingerprint density at radius 2 is 1.96 bits per heavy atom. The lowest BCUT2D eigenvalue weighted by atomic mass is 9.97. The zero-order valence-electron chi connectivity index (χ0n) is 13.9. The quantitative estimate of drug-likeness (QED) is 0.883. The monoisotopic (exact) mass is 315 g/mol. The SMILES string of the molecule is CN(C)C[C@@H]1CN(Cc2coc(-c3ccccc3)n2)C[C@@H]1CO. The highest BCUT2D eigenvalue weighted by Gasteiger charge is 2.32. The summed E-state index contributed by atoms with van der Waals surface area (Å²) in [5.41, 5.74) is 1.95. The molecule has 1 N–H and O–H groups in total. The van der Waals surface area contributed by atoms with E-state index in [-0.39, 0.29) is 6.61 Å². The van der Waals surface area contributed by atoms with Gasteiger partial charge in [0, 0.05) is 38.3 Å². The first-order chi connectivity index (χ1) is 11.2. The third kappa shape index (κ3) is 3.99. The number of oxazole rings is 1. The minimum atomic E-state index is 0.253. The molecule has 5 nitrogen and oxygen atoms in total. The van der Waals surface area contributed by atoms with Gasteiger partial charge in [0.1, 0.15) is 6.26 Å². The fourth-order valence-corrected chi connectivity index (χ4v) is 3.37. The van der Waals surface area contributed by atoms with Gasteiger partial charge in [0.15, 0.2) is 0 Å². The van der Waals surface area contributed by atoms with Crippen LogP contribution >= 0.6 is 0 Å². The Labute approximate surface area is 137 Å². The molecule has 23 heavy (non-hydrogen) atoms. The average Bonchev–Trinajstić information content (AvgIpc) is 3.15. The minimum absolute atomic E-state index is 0.253. The number of benzene rings is 1. The Kier molecular flexibility index (Phi) is 5.10. The number of aliphatic hydroxyl groups excluding tert-OH is 1. The van der Waals surface area contributed by atoms with E-state index in [4.69, 9.17) is 4.42 Å². The van der Waals surface area contributed by atoms with Gasteiger partial charge in [-0.05, 0) is 38.1 Å². The van der Waals surface area contributed by atoms with Gasteiger partial charge in [-0.25, -0.2) is 4.98 Å². The minimum Gasteiger partial charge on any atom is -0.444 e. The van der Waals surface area contributed by atoms with Crippen LogP contribution in [0.5, 0.6) is 0 Å². The van der Waals surface area contributed by atoms with Crippen molar-refractivity contribution in [2.75, 3.05) is 40.3 Å². The fourth-order valence-electron chi connectivity index (χ4n) is 3.37. The van der Waals surface area contributed by atoms with Crippen molar-refractivity contribution in [2.45, 2.75) is 6.54 Å². The van der Waals surface area contributed by atoms with Crippen LogP contribution in [0.2, 0.25) is 0 Å². The summed E-state index contributed by atoms with van der Waals surface area (Å²) in [6.45, 7) is 3.95. The molecule has 0 unspecified atom stereocenters. The largest absolute Gasteiger partial charge is 0.444 e. The predicted molar refractivity (Wildman–Crippen MR) is 89.8 cm³/mol. The predicted octanol–water partition coefficient (Wildman–Crippen LogP) is 1.94. The lowest BCUT2D eigenvalue weighted by Crippen LogP contribution is -2.28. The van der Waals surface area contributed by atoms with Gasteiger partial charge in [0.25, 0.3) is 0 Å². The Morgan fingerprint density at radius 1 is 1.22 bits per heavy atom. The highest BCUT2D eigenvalue weighted by atomic mass is 16.3. The normalized spacial score (nSPS) is 22.1. The summed E-state index contributed by atoms with van der Waals surface area (Å²) in [6.07, 6.45) is 1.75. The number of nitrogens with zero attached hydrogens (tertiary/aromatic N) is 3. The van der Waals surface area contributed by atoms with Gasteiger partial charge in [-0.15, -0.1) is 0 Å². The van der Waals surface area contributed by atoms with Crippen molar-refractivity contribution in [2.24, 2.45) is 11.8 Å². The maximum Gasteiger partial charge on any atom is 0.226 e. The molecule has 1 aromatic heterocycles. The summed E-state index contributed by atoms with van der Waals surface area (Å²) >= 11 is 0. The first-order valence-electron chi connectivity index (χ1n) is 8.13. The van der Waals surface area contributed by atoms with Gasteiger partial charge in [-0.1, -0.05) is 18.2 Å². The third-order valence-corrected chi connectivity index (χ3v) is 4.44. The summed E-state index contributed by atoms with van der Waals surface area (Å²) in [6, 6.07) is 9.95. The van der Waals surface area contributed by atoms with E-state index in [0.29, 0.717) is 17.7 Å². The Morgan fingerprint density at radius 3 is 2.65 bits per heavy atom. The van der Waals surface area contributed by atoms with Gasteiger partial charge >= 0.3 is 0 Å². The van der Waals surface area contributed by atoms with Crippen LogP contribution < -0.4 is 0 Å². The van der Waals surface area contributed by atoms with Gasteiger partial charge in [-0.2, -0.15) is 0 Å². The molecule has 124 valence electrons. The summed E-state index contributed by atoms with van der Waals surface area (Å²) in [7, 11) is 4.17. The molecule has 1 aromatic carbocycles. The molecular formula is C18H25N3O2. The van der Waals surface area contributed by atoms with Gasteiger partial charge < -0.3 is 14.4 Å². The van der Waals surface area contributed by atoms with Crippen molar-refractivity contribution in [1.82, 2.24) is 14.8 Å². The van der Waals surface area contributed by atoms with Crippen LogP contribution in [0.4, 0.5) is 0 Å². The van der Waals surface area contributed by atoms with Crippen LogP contribution in [0.1, 0.15) is 5.69 Å². The first kappa shape index (κ1) is 16.2. The second-order valence-corrected chi connectivity index (χ2v) is 6.67. The Balaban J connectivity index is 1.63. The molecule has 1 saturated heterocycles. The topological polar surface area (TPSA) is 52.7 Å². The lowest BCUT2D eigenvalue weighted by Gasteiger charge is -2.20. The number of rotatable bonds is 6. The van der Waals surface area contributed by atoms with Crippen molar-refractivity contribution in [3.05, 3.63) is 42.3 Å². The van der Waals surface area contributed by atoms with E-state index in [0.717, 1.165) is 37.4 Å². The van der Waals surface area contributed by atoms with Crippen LogP contribution in [-0.2, 0) is 6.54 Å². The third-order valence-electron chi connectivity index (χ3n) is 4.44. The maximum atomic E-state index is 9.61. The molecule has 0 saturated carbocycles. The molecule has 2 aromatic rings. The van der Waals surface area contributed by atoms with Gasteiger partial charge in [-0.3, -0.25) is 4.90 Å². The van der Waals surface area contributed by atoms with Crippen LogP contribution in [0.25, 0.3) is 11.5 Å². The lowest BCUT2D eigenvalue weighted by molar-refractivity contribution is 0.183. The molecular weight excluding hydrogens is 290 g/mol. The Hall–Kier alpha value is -1.69. The standard InChI is InChI=1S/C18H25N3O2/c1-20(2)8-15-9-21(10-16(15)12-22)11-17-13-23-18(19-17)14-6-4-3-5-7-14/h3-7,13,15-16,22H,8-12H2,1-2H3/t15-,16-/m1/s1. The first-order valence-corrected chi connectivity index (χ1v) is 8.13. The van der Waals surface area contributed by atoms with E-state index in [9.17, 15) is 5.11 Å². The molecule has 0 radical (unpaired) electrons. The van der Waals surface area contributed by atoms with E-state index in [1.807, 2.05) is 30.3 Å². The molecule has 1 aliphatic heterocycles. The van der Waals surface area contributed by atoms with Gasteiger partial charge in [0.2, 0.25) is 5.89 Å². The molecule has 0 bridgehead atoms. The average molecular weight is 315 g/mol. The zero-order valence-corrected chi connectivity index (χ0v) is 13.9. The van der Waals surface area contributed by atoms with Crippen LogP contribution in [0, 0.1) is 11.8 Å². The van der Waals surface area contributed by atoms with Crippen LogP contribution in [0.15, 0.2) is 41.0 Å². The van der Waals surface area contributed by atoms with E-state index in [2.05, 4.69) is 28.9 Å². The summed E-state index contributed by atoms with van der Waals surface area (Å²) < 4.78 is 5.61. The van der Waals surface area contributed by atoms with Crippen molar-refractivity contribution in [1.29, 1.82) is 0 Å². The highest BCUT2D eigenvalue weighted by molar-refractivity contribution is 5.52. The molecule has 1 aliphatic rings. The zero-order chi connectivity index (χ0) is 16.2. The van der Waals surface area contributed by atoms with Crippen molar-refractivity contribution in [3.63, 3.8) is 0 Å². The second kappa shape index (κ2) is 7.25. The molecule has 0 spiro atoms. The molecule has 5 heteroatoms. The van der Waals surface area contributed by atoms with E-state index in [1.54, 1.807) is 6.26 Å². The van der Waals surface area contributed by atoms with E-state index >= 15 is 0 Å². The fraction of sp³-hybridized carbons (Fsp3) is 0.500. The second-order valence-electron chi connectivity index (χ2n) is 6.67. The summed E-state index contributed by atoms with van der Waals surface area (Å²) in [5.74, 6) is 1.52. The van der Waals surface area contributed by atoms with E-state index < -0.39 is 0 Å². The number of aromatic nitrogens is 1. The van der Waals surface area contributed by atoms with Crippen molar-refractivity contribution in [3.8, 4) is 11.5 Å². The number of hydrogen-bond acceptors (Lipinski definition) is 5. The van der Waals surface area contributed by atoms with Gasteiger partial charge in [0.05, 0.1) is 5.69 Å². The smallest absolute Gasteiger partial charge is 0.226 e. The Bertz CT molecular complexity index is 612. The number of hydrogen-bond donors (Lipinski definition) is 1. The van der Waals surface area contributed by atoms with Crippen molar-refractivity contribution < 1.29 is 9.52 Å². The molecule has 2 atom stereocenters. The highest BCUT2D eigenvalue weighted by Crippen LogP contribution is 2.26. The van der Waals surface area contributed by atoms with Crippen LogP contribution in [0.3, 0.4) is 0 Å². The molecule has 2 heterocycles. The van der Waals surface area contributed by atoms with Crippen LogP contribution in [-0.4, -0.2) is 60.2 Å². The number of aliphatic hydroxyl groups is 1. The molecule has 3 rings (SSSR count). The van der Waals surface area contributed by atoms with E-state index in [1.165, 1.54) is 0 Å². The molecule has 0 aliphatic carbocycles. The molecule has 0 amide bonds. The molecule has 1 fully saturated rings. The summed E-state index contributed by atoms with van der Waals surface area (Å²) in [5, 5.41) is 9.61.